The van der Waals surface area contributed by atoms with Crippen molar-refractivity contribution in [2.75, 3.05) is 34.8 Å². The smallest absolute Gasteiger partial charge is 0.330 e. The minimum absolute atomic E-state index is 0.281. The lowest BCUT2D eigenvalue weighted by Gasteiger charge is -2.22. The summed E-state index contributed by atoms with van der Waals surface area (Å²) in [6.45, 7) is 1.02. The number of hydrogen-bond acceptors (Lipinski definition) is 2. The van der Waals surface area contributed by atoms with Crippen molar-refractivity contribution in [3.05, 3.63) is 12.2 Å². The van der Waals surface area contributed by atoms with Crippen LogP contribution >= 0.6 is 0 Å². The molecular formula is C9H18NO2+. The lowest BCUT2D eigenvalue weighted by molar-refractivity contribution is -0.869. The third-order valence-electron chi connectivity index (χ3n) is 1.42. The minimum Gasteiger partial charge on any atom is -0.466 e. The van der Waals surface area contributed by atoms with Crippen LogP contribution in [0.3, 0.4) is 0 Å². The highest BCUT2D eigenvalue weighted by molar-refractivity contribution is 5.81. The second-order valence-electron chi connectivity index (χ2n) is 3.73. The maximum Gasteiger partial charge on any atom is 0.330 e. The molecule has 0 saturated heterocycles. The molecule has 0 bridgehead atoms. The van der Waals surface area contributed by atoms with Crippen LogP contribution in [-0.2, 0) is 9.53 Å². The van der Waals surface area contributed by atoms with Crippen LogP contribution in [0.25, 0.3) is 0 Å². The van der Waals surface area contributed by atoms with Gasteiger partial charge in [0.2, 0.25) is 0 Å². The molecule has 0 atom stereocenters. The molecule has 70 valence electrons. The van der Waals surface area contributed by atoms with Crippen molar-refractivity contribution in [3.8, 4) is 0 Å². The Hall–Kier alpha value is -0.830. The molecule has 3 nitrogen and oxygen atoms in total. The highest BCUT2D eigenvalue weighted by Gasteiger charge is 2.03. The lowest BCUT2D eigenvalue weighted by atomic mass is 10.3. The molecule has 0 spiro atoms. The fourth-order valence-corrected chi connectivity index (χ4v) is 0.709. The summed E-state index contributed by atoms with van der Waals surface area (Å²) in [4.78, 5) is 10.6. The Morgan fingerprint density at radius 3 is 2.42 bits per heavy atom. The van der Waals surface area contributed by atoms with E-state index in [0.717, 1.165) is 17.4 Å². The Morgan fingerprint density at radius 1 is 1.42 bits per heavy atom. The molecule has 3 heteroatoms. The summed E-state index contributed by atoms with van der Waals surface area (Å²) in [5, 5.41) is 0. The van der Waals surface area contributed by atoms with Crippen LogP contribution in [0.4, 0.5) is 0 Å². The van der Waals surface area contributed by atoms with Crippen LogP contribution in [0, 0.1) is 0 Å². The number of carbonyl (C=O) groups excluding carboxylic acids is 1. The fourth-order valence-electron chi connectivity index (χ4n) is 0.709. The van der Waals surface area contributed by atoms with Crippen LogP contribution in [-0.4, -0.2) is 45.2 Å². The predicted molar refractivity (Wildman–Crippen MR) is 48.7 cm³/mol. The van der Waals surface area contributed by atoms with E-state index in [1.54, 1.807) is 0 Å². The van der Waals surface area contributed by atoms with Gasteiger partial charge in [-0.3, -0.25) is 0 Å². The van der Waals surface area contributed by atoms with Gasteiger partial charge in [0.05, 0.1) is 34.8 Å². The van der Waals surface area contributed by atoms with Crippen molar-refractivity contribution in [2.45, 2.75) is 6.42 Å². The van der Waals surface area contributed by atoms with Crippen LogP contribution in [0.2, 0.25) is 0 Å². The van der Waals surface area contributed by atoms with E-state index in [2.05, 4.69) is 25.9 Å². The van der Waals surface area contributed by atoms with Gasteiger partial charge < -0.3 is 9.22 Å². The zero-order chi connectivity index (χ0) is 9.61. The third-order valence-corrected chi connectivity index (χ3v) is 1.42. The number of rotatable bonds is 4. The van der Waals surface area contributed by atoms with Gasteiger partial charge >= 0.3 is 5.97 Å². The molecule has 0 aromatic rings. The molecule has 0 aliphatic heterocycles. The minimum atomic E-state index is -0.281. The summed E-state index contributed by atoms with van der Waals surface area (Å²) in [5.74, 6) is -0.281. The van der Waals surface area contributed by atoms with E-state index >= 15 is 0 Å². The molecule has 12 heavy (non-hydrogen) atoms. The summed E-state index contributed by atoms with van der Waals surface area (Å²) < 4.78 is 5.36. The molecule has 0 aromatic carbocycles. The normalized spacial score (nSPS) is 12.0. The van der Waals surface area contributed by atoms with Gasteiger partial charge in [0.25, 0.3) is 0 Å². The molecule has 0 heterocycles. The molecule has 0 saturated carbocycles. The standard InChI is InChI=1S/C9H18NO2/c1-10(2,3)8-6-5-7-9(11)12-4/h5,7H,6,8H2,1-4H3/q+1/b7-5-. The average Bonchev–Trinajstić information content (AvgIpc) is 1.96. The number of nitrogens with zero attached hydrogens (tertiary/aromatic N) is 1. The second kappa shape index (κ2) is 4.93. The summed E-state index contributed by atoms with van der Waals surface area (Å²) in [6, 6.07) is 0. The van der Waals surface area contributed by atoms with Crippen molar-refractivity contribution in [1.29, 1.82) is 0 Å². The summed E-state index contributed by atoms with van der Waals surface area (Å²) in [6.07, 6.45) is 4.21. The zero-order valence-electron chi connectivity index (χ0n) is 8.33. The Labute approximate surface area is 74.2 Å². The van der Waals surface area contributed by atoms with Gasteiger partial charge in [-0.05, 0) is 0 Å². The first-order chi connectivity index (χ1) is 5.45. The molecule has 0 N–H and O–H groups in total. The van der Waals surface area contributed by atoms with Crippen molar-refractivity contribution < 1.29 is 14.0 Å². The van der Waals surface area contributed by atoms with Crippen LogP contribution in [0.1, 0.15) is 6.42 Å². The molecule has 0 fully saturated rings. The molecule has 0 amide bonds. The highest BCUT2D eigenvalue weighted by Crippen LogP contribution is 1.94. The maximum absolute atomic E-state index is 10.6. The predicted octanol–water partition coefficient (Wildman–Crippen LogP) is 0.812. The van der Waals surface area contributed by atoms with Gasteiger partial charge in [-0.2, -0.15) is 0 Å². The molecule has 0 unspecified atom stereocenters. The number of quaternary nitrogens is 1. The molecule has 0 rings (SSSR count). The number of hydrogen-bond donors (Lipinski definition) is 0. The number of esters is 1. The first-order valence-electron chi connectivity index (χ1n) is 4.00. The molecule has 0 aliphatic rings. The van der Waals surface area contributed by atoms with E-state index in [1.165, 1.54) is 13.2 Å². The van der Waals surface area contributed by atoms with Crippen molar-refractivity contribution in [2.24, 2.45) is 0 Å². The largest absolute Gasteiger partial charge is 0.466 e. The molecule has 0 aromatic heterocycles. The third kappa shape index (κ3) is 7.28. The Balaban J connectivity index is 3.56. The Kier molecular flexibility index (Phi) is 4.59. The van der Waals surface area contributed by atoms with E-state index in [0.29, 0.717) is 0 Å². The van der Waals surface area contributed by atoms with Crippen LogP contribution in [0.5, 0.6) is 0 Å². The van der Waals surface area contributed by atoms with Crippen molar-refractivity contribution >= 4 is 5.97 Å². The van der Waals surface area contributed by atoms with Gasteiger partial charge in [0.15, 0.2) is 0 Å². The summed E-state index contributed by atoms with van der Waals surface area (Å²) >= 11 is 0. The number of carbonyl (C=O) groups is 1. The Bertz CT molecular complexity index is 168. The van der Waals surface area contributed by atoms with Crippen LogP contribution in [0.15, 0.2) is 12.2 Å². The quantitative estimate of drug-likeness (QED) is 0.356. The first kappa shape index (κ1) is 11.2. The topological polar surface area (TPSA) is 26.3 Å². The van der Waals surface area contributed by atoms with Crippen molar-refractivity contribution in [1.82, 2.24) is 0 Å². The fraction of sp³-hybridized carbons (Fsp3) is 0.667. The van der Waals surface area contributed by atoms with Crippen molar-refractivity contribution in [3.63, 3.8) is 0 Å². The second-order valence-corrected chi connectivity index (χ2v) is 3.73. The average molecular weight is 172 g/mol. The highest BCUT2D eigenvalue weighted by atomic mass is 16.5. The zero-order valence-corrected chi connectivity index (χ0v) is 8.33. The SMILES string of the molecule is COC(=O)/C=C\CC[N+](C)(C)C. The molecule has 0 radical (unpaired) electrons. The van der Waals surface area contributed by atoms with E-state index in [-0.39, 0.29) is 5.97 Å². The van der Waals surface area contributed by atoms with Gasteiger partial charge in [-0.15, -0.1) is 0 Å². The van der Waals surface area contributed by atoms with Gasteiger partial charge in [0, 0.05) is 12.5 Å². The molecular weight excluding hydrogens is 154 g/mol. The monoisotopic (exact) mass is 172 g/mol. The number of ether oxygens (including phenoxy) is 1. The van der Waals surface area contributed by atoms with E-state index in [1.807, 2.05) is 6.08 Å². The molecule has 0 aliphatic carbocycles. The lowest BCUT2D eigenvalue weighted by Crippen LogP contribution is -2.34. The first-order valence-corrected chi connectivity index (χ1v) is 4.00. The maximum atomic E-state index is 10.6. The van der Waals surface area contributed by atoms with E-state index in [9.17, 15) is 4.79 Å². The van der Waals surface area contributed by atoms with Gasteiger partial charge in [-0.1, -0.05) is 6.08 Å². The summed E-state index contributed by atoms with van der Waals surface area (Å²) in [7, 11) is 7.73. The summed E-state index contributed by atoms with van der Waals surface area (Å²) in [5.41, 5.74) is 0. The number of methoxy groups -OCH3 is 1. The van der Waals surface area contributed by atoms with Gasteiger partial charge in [-0.25, -0.2) is 4.79 Å². The Morgan fingerprint density at radius 2 is 2.00 bits per heavy atom. The van der Waals surface area contributed by atoms with E-state index < -0.39 is 0 Å². The van der Waals surface area contributed by atoms with E-state index in [4.69, 9.17) is 0 Å². The van der Waals surface area contributed by atoms with Crippen LogP contribution < -0.4 is 0 Å². The van der Waals surface area contributed by atoms with Gasteiger partial charge in [0.1, 0.15) is 0 Å².